The standard InChI is InChI=1S/C33H17N3O3/c34-18-37-23-14-13-21-5-1-8-24(29(21)17-23)25-15-16-28(33-26(25)10-4-12-31(33)39-20-36)27-9-2-6-22-7-3-11-30(32(22)27)38-19-35/h1-17H. The lowest BCUT2D eigenvalue weighted by molar-refractivity contribution is 0.508. The molecule has 6 rings (SSSR count). The number of rotatable bonds is 5. The smallest absolute Gasteiger partial charge is 0.292 e. The molecule has 0 fully saturated rings. The highest BCUT2D eigenvalue weighted by Gasteiger charge is 2.18. The summed E-state index contributed by atoms with van der Waals surface area (Å²) in [5, 5.41) is 33.0. The molecular formula is C33H17N3O3. The topological polar surface area (TPSA) is 99.1 Å². The molecule has 0 radical (unpaired) electrons. The minimum absolute atomic E-state index is 0.413. The van der Waals surface area contributed by atoms with Gasteiger partial charge in [0, 0.05) is 10.8 Å². The van der Waals surface area contributed by atoms with Crippen molar-refractivity contribution < 1.29 is 14.2 Å². The molecule has 0 heterocycles. The molecule has 0 saturated heterocycles. The molecule has 0 atom stereocenters. The van der Waals surface area contributed by atoms with Crippen molar-refractivity contribution in [3.05, 3.63) is 103 Å². The maximum atomic E-state index is 9.47. The van der Waals surface area contributed by atoms with E-state index in [4.69, 9.17) is 19.5 Å². The molecule has 0 N–H and O–H groups in total. The van der Waals surface area contributed by atoms with Gasteiger partial charge < -0.3 is 14.2 Å². The quantitative estimate of drug-likeness (QED) is 0.221. The Morgan fingerprint density at radius 3 is 1.74 bits per heavy atom. The van der Waals surface area contributed by atoms with Crippen LogP contribution < -0.4 is 14.2 Å². The van der Waals surface area contributed by atoms with Gasteiger partial charge in [0.2, 0.25) is 0 Å². The summed E-state index contributed by atoms with van der Waals surface area (Å²) in [7, 11) is 0. The summed E-state index contributed by atoms with van der Waals surface area (Å²) >= 11 is 0. The lowest BCUT2D eigenvalue weighted by atomic mass is 9.88. The lowest BCUT2D eigenvalue weighted by Crippen LogP contribution is -1.93. The number of hydrogen-bond acceptors (Lipinski definition) is 6. The molecule has 0 amide bonds. The van der Waals surface area contributed by atoms with Crippen LogP contribution in [0.15, 0.2) is 103 Å². The molecule has 0 aliphatic carbocycles. The first-order valence-corrected chi connectivity index (χ1v) is 12.0. The number of hydrogen-bond donors (Lipinski definition) is 0. The minimum atomic E-state index is 0.413. The van der Waals surface area contributed by atoms with Crippen molar-refractivity contribution in [1.82, 2.24) is 0 Å². The minimum Gasteiger partial charge on any atom is -0.388 e. The monoisotopic (exact) mass is 503 g/mol. The number of nitriles is 3. The zero-order valence-corrected chi connectivity index (χ0v) is 20.4. The zero-order chi connectivity index (χ0) is 26.8. The summed E-state index contributed by atoms with van der Waals surface area (Å²) in [4.78, 5) is 0. The number of nitrogens with zero attached hydrogens (tertiary/aromatic N) is 3. The normalized spacial score (nSPS) is 10.5. The molecular weight excluding hydrogens is 486 g/mol. The molecule has 6 nitrogen and oxygen atoms in total. The van der Waals surface area contributed by atoms with Crippen LogP contribution in [-0.4, -0.2) is 0 Å². The molecule has 6 heteroatoms. The van der Waals surface area contributed by atoms with Crippen molar-refractivity contribution in [2.24, 2.45) is 0 Å². The van der Waals surface area contributed by atoms with Crippen molar-refractivity contribution in [3.8, 4) is 58.3 Å². The van der Waals surface area contributed by atoms with Crippen LogP contribution in [0.1, 0.15) is 0 Å². The van der Waals surface area contributed by atoms with Crippen LogP contribution in [0.2, 0.25) is 0 Å². The van der Waals surface area contributed by atoms with E-state index in [0.717, 1.165) is 54.6 Å². The van der Waals surface area contributed by atoms with E-state index in [2.05, 4.69) is 0 Å². The van der Waals surface area contributed by atoms with Crippen molar-refractivity contribution in [1.29, 1.82) is 15.8 Å². The molecule has 0 saturated carbocycles. The first-order valence-electron chi connectivity index (χ1n) is 12.0. The Kier molecular flexibility index (Phi) is 5.87. The summed E-state index contributed by atoms with van der Waals surface area (Å²) in [6.07, 6.45) is 5.34. The molecule has 0 unspecified atom stereocenters. The number of ether oxygens (including phenoxy) is 3. The Balaban J connectivity index is 1.70. The fourth-order valence-corrected chi connectivity index (χ4v) is 5.23. The Hall–Kier alpha value is -6.03. The van der Waals surface area contributed by atoms with E-state index in [-0.39, 0.29) is 0 Å². The van der Waals surface area contributed by atoms with Gasteiger partial charge in [0.15, 0.2) is 11.5 Å². The summed E-state index contributed by atoms with van der Waals surface area (Å²) in [5.41, 5.74) is 3.53. The molecule has 0 aliphatic heterocycles. The second-order valence-corrected chi connectivity index (χ2v) is 8.77. The Morgan fingerprint density at radius 1 is 0.436 bits per heavy atom. The van der Waals surface area contributed by atoms with Gasteiger partial charge in [0.1, 0.15) is 5.75 Å². The van der Waals surface area contributed by atoms with Crippen molar-refractivity contribution in [2.75, 3.05) is 0 Å². The molecule has 0 aromatic heterocycles. The van der Waals surface area contributed by atoms with Crippen LogP contribution in [0.4, 0.5) is 0 Å². The van der Waals surface area contributed by atoms with Crippen LogP contribution in [0, 0.1) is 34.6 Å². The zero-order valence-electron chi connectivity index (χ0n) is 20.4. The van der Waals surface area contributed by atoms with E-state index in [0.29, 0.717) is 17.2 Å². The van der Waals surface area contributed by atoms with E-state index in [9.17, 15) is 10.5 Å². The van der Waals surface area contributed by atoms with E-state index in [1.165, 1.54) is 0 Å². The van der Waals surface area contributed by atoms with Crippen LogP contribution in [-0.2, 0) is 0 Å². The Bertz CT molecular complexity index is 2040. The number of fused-ring (bicyclic) bond motifs is 3. The van der Waals surface area contributed by atoms with E-state index in [1.807, 2.05) is 91.2 Å². The van der Waals surface area contributed by atoms with Crippen LogP contribution in [0.25, 0.3) is 54.6 Å². The lowest BCUT2D eigenvalue weighted by Gasteiger charge is -2.17. The second-order valence-electron chi connectivity index (χ2n) is 8.77. The van der Waals surface area contributed by atoms with E-state index in [1.54, 1.807) is 30.7 Å². The largest absolute Gasteiger partial charge is 0.388 e. The maximum absolute atomic E-state index is 9.47. The number of benzene rings is 6. The van der Waals surface area contributed by atoms with Gasteiger partial charge in [-0.1, -0.05) is 78.9 Å². The fourth-order valence-electron chi connectivity index (χ4n) is 5.23. The molecule has 0 spiro atoms. The van der Waals surface area contributed by atoms with E-state index < -0.39 is 0 Å². The summed E-state index contributed by atoms with van der Waals surface area (Å²) in [6, 6.07) is 32.6. The predicted molar refractivity (Wildman–Crippen MR) is 149 cm³/mol. The first-order chi connectivity index (χ1) is 19.2. The fraction of sp³-hybridized carbons (Fsp3) is 0. The molecule has 39 heavy (non-hydrogen) atoms. The average molecular weight is 504 g/mol. The Morgan fingerprint density at radius 2 is 1.00 bits per heavy atom. The molecule has 6 aromatic carbocycles. The van der Waals surface area contributed by atoms with Gasteiger partial charge in [-0.05, 0) is 68.1 Å². The molecule has 0 bridgehead atoms. The van der Waals surface area contributed by atoms with Gasteiger partial charge in [0.05, 0.1) is 0 Å². The molecule has 6 aromatic rings. The third-order valence-corrected chi connectivity index (χ3v) is 6.78. The SMILES string of the molecule is N#COc1ccc2cccc(-c3ccc(-c4cccc5cccc(OC#N)c45)c4c(OC#N)cccc34)c2c1. The summed E-state index contributed by atoms with van der Waals surface area (Å²) in [5.74, 6) is 1.31. The third-order valence-electron chi connectivity index (χ3n) is 6.78. The highest BCUT2D eigenvalue weighted by Crippen LogP contribution is 2.45. The van der Waals surface area contributed by atoms with E-state index >= 15 is 0 Å². The summed E-state index contributed by atoms with van der Waals surface area (Å²) in [6.45, 7) is 0. The first kappa shape index (κ1) is 23.4. The van der Waals surface area contributed by atoms with Gasteiger partial charge in [-0.15, -0.1) is 15.8 Å². The highest BCUT2D eigenvalue weighted by molar-refractivity contribution is 6.15. The predicted octanol–water partition coefficient (Wildman–Crippen LogP) is 8.06. The van der Waals surface area contributed by atoms with Gasteiger partial charge in [-0.2, -0.15) is 0 Å². The van der Waals surface area contributed by atoms with Crippen LogP contribution in [0.5, 0.6) is 17.2 Å². The second kappa shape index (κ2) is 9.79. The van der Waals surface area contributed by atoms with Gasteiger partial charge in [-0.3, -0.25) is 0 Å². The van der Waals surface area contributed by atoms with Crippen LogP contribution >= 0.6 is 0 Å². The maximum Gasteiger partial charge on any atom is 0.292 e. The molecule has 182 valence electrons. The third kappa shape index (κ3) is 3.98. The summed E-state index contributed by atoms with van der Waals surface area (Å²) < 4.78 is 15.9. The van der Waals surface area contributed by atoms with Crippen LogP contribution in [0.3, 0.4) is 0 Å². The van der Waals surface area contributed by atoms with Crippen molar-refractivity contribution in [3.63, 3.8) is 0 Å². The Labute approximate surface area is 223 Å². The van der Waals surface area contributed by atoms with Gasteiger partial charge >= 0.3 is 0 Å². The van der Waals surface area contributed by atoms with Crippen molar-refractivity contribution in [2.45, 2.75) is 0 Å². The average Bonchev–Trinajstić information content (AvgIpc) is 2.97. The van der Waals surface area contributed by atoms with Gasteiger partial charge in [-0.25, -0.2) is 0 Å². The molecule has 0 aliphatic rings. The van der Waals surface area contributed by atoms with Gasteiger partial charge in [0.25, 0.3) is 18.8 Å². The van der Waals surface area contributed by atoms with Crippen molar-refractivity contribution >= 4 is 32.3 Å². The highest BCUT2D eigenvalue weighted by atomic mass is 16.5.